The zero-order valence-electron chi connectivity index (χ0n) is 11.6. The number of carbonyl (C=O) groups excluding carboxylic acids is 3. The van der Waals surface area contributed by atoms with Crippen LogP contribution in [-0.4, -0.2) is 24.3 Å². The molecule has 7 heteroatoms. The molecule has 2 aromatic rings. The Morgan fingerprint density at radius 2 is 2.00 bits per heavy atom. The minimum Gasteiger partial charge on any atom is -0.454 e. The molecule has 5 nitrogen and oxygen atoms in total. The molecule has 0 aliphatic rings. The van der Waals surface area contributed by atoms with Gasteiger partial charge in [0.1, 0.15) is 0 Å². The third kappa shape index (κ3) is 4.41. The van der Waals surface area contributed by atoms with Gasteiger partial charge in [-0.2, -0.15) is 0 Å². The van der Waals surface area contributed by atoms with Gasteiger partial charge in [0, 0.05) is 12.6 Å². The summed E-state index contributed by atoms with van der Waals surface area (Å²) in [5.41, 5.74) is 0.738. The van der Waals surface area contributed by atoms with Crippen molar-refractivity contribution < 1.29 is 19.1 Å². The highest BCUT2D eigenvalue weighted by Crippen LogP contribution is 2.22. The zero-order chi connectivity index (χ0) is 16.1. The smallest absolute Gasteiger partial charge is 0.338 e. The van der Waals surface area contributed by atoms with Gasteiger partial charge in [-0.3, -0.25) is 9.59 Å². The molecule has 1 N–H and O–H groups in total. The third-order valence-corrected chi connectivity index (χ3v) is 3.87. The number of benzene rings is 1. The highest BCUT2D eigenvalue weighted by atomic mass is 35.5. The fraction of sp³-hybridized carbons (Fsp3) is 0.133. The number of hydrogen-bond acceptors (Lipinski definition) is 5. The van der Waals surface area contributed by atoms with Gasteiger partial charge in [-0.05, 0) is 30.3 Å². The second kappa shape index (κ2) is 7.20. The van der Waals surface area contributed by atoms with E-state index in [1.54, 1.807) is 30.3 Å². The number of carbonyl (C=O) groups is 3. The lowest BCUT2D eigenvalue weighted by molar-refractivity contribution is -0.114. The number of amides is 1. The first-order chi connectivity index (χ1) is 10.5. The number of ketones is 1. The Morgan fingerprint density at radius 3 is 2.64 bits per heavy atom. The van der Waals surface area contributed by atoms with Crippen molar-refractivity contribution in [1.29, 1.82) is 0 Å². The maximum atomic E-state index is 11.9. The van der Waals surface area contributed by atoms with Crippen LogP contribution >= 0.6 is 22.9 Å². The molecule has 22 heavy (non-hydrogen) atoms. The van der Waals surface area contributed by atoms with Crippen molar-refractivity contribution in [2.45, 2.75) is 6.92 Å². The Hall–Kier alpha value is -2.18. The molecule has 0 unspecified atom stereocenters. The van der Waals surface area contributed by atoms with E-state index in [1.165, 1.54) is 13.0 Å². The van der Waals surface area contributed by atoms with Crippen molar-refractivity contribution in [1.82, 2.24) is 0 Å². The van der Waals surface area contributed by atoms with Crippen LogP contribution in [0.2, 0.25) is 4.34 Å². The summed E-state index contributed by atoms with van der Waals surface area (Å²) >= 11 is 6.88. The molecule has 0 aliphatic heterocycles. The zero-order valence-corrected chi connectivity index (χ0v) is 13.2. The first-order valence-corrected chi connectivity index (χ1v) is 7.48. The number of halogens is 1. The second-order valence-electron chi connectivity index (χ2n) is 4.37. The van der Waals surface area contributed by atoms with E-state index in [9.17, 15) is 14.4 Å². The molecule has 0 spiro atoms. The Balaban J connectivity index is 1.97. The number of anilines is 1. The van der Waals surface area contributed by atoms with E-state index < -0.39 is 5.97 Å². The van der Waals surface area contributed by atoms with E-state index in [0.29, 0.717) is 14.9 Å². The number of ether oxygens (including phenoxy) is 1. The van der Waals surface area contributed by atoms with Crippen molar-refractivity contribution in [2.24, 2.45) is 0 Å². The summed E-state index contributed by atoms with van der Waals surface area (Å²) in [7, 11) is 0. The number of rotatable bonds is 5. The number of Topliss-reactive ketones (excluding diaryl/α,β-unsaturated/α-hetero) is 1. The van der Waals surface area contributed by atoms with Crippen molar-refractivity contribution in [3.05, 3.63) is 51.2 Å². The molecule has 0 aliphatic carbocycles. The van der Waals surface area contributed by atoms with Crippen LogP contribution in [0.3, 0.4) is 0 Å². The molecule has 0 saturated heterocycles. The minimum atomic E-state index is -0.636. The average molecular weight is 338 g/mol. The van der Waals surface area contributed by atoms with Gasteiger partial charge in [-0.1, -0.05) is 17.7 Å². The standard InChI is InChI=1S/C15H12ClNO4S/c1-9(18)17-11-4-2-3-10(7-11)15(20)21-8-12(19)13-5-6-14(16)22-13/h2-7H,8H2,1H3,(H,17,18). The summed E-state index contributed by atoms with van der Waals surface area (Å²) in [6.07, 6.45) is 0. The number of hydrogen-bond donors (Lipinski definition) is 1. The van der Waals surface area contributed by atoms with Gasteiger partial charge in [-0.15, -0.1) is 11.3 Å². The van der Waals surface area contributed by atoms with Crippen LogP contribution in [0, 0.1) is 0 Å². The van der Waals surface area contributed by atoms with Gasteiger partial charge in [0.15, 0.2) is 6.61 Å². The molecule has 1 heterocycles. The molecule has 1 amide bonds. The van der Waals surface area contributed by atoms with Crippen LogP contribution in [0.25, 0.3) is 0 Å². The molecule has 0 bridgehead atoms. The quantitative estimate of drug-likeness (QED) is 0.670. The molecule has 1 aromatic heterocycles. The first-order valence-electron chi connectivity index (χ1n) is 6.29. The fourth-order valence-corrected chi connectivity index (χ4v) is 2.64. The topological polar surface area (TPSA) is 72.5 Å². The molecule has 0 fully saturated rings. The SMILES string of the molecule is CC(=O)Nc1cccc(C(=O)OCC(=O)c2ccc(Cl)s2)c1. The van der Waals surface area contributed by atoms with Crippen molar-refractivity contribution in [3.8, 4) is 0 Å². The molecule has 2 rings (SSSR count). The van der Waals surface area contributed by atoms with Crippen LogP contribution in [-0.2, 0) is 9.53 Å². The van der Waals surface area contributed by atoms with Crippen LogP contribution < -0.4 is 5.32 Å². The second-order valence-corrected chi connectivity index (χ2v) is 6.08. The molecular weight excluding hydrogens is 326 g/mol. The Morgan fingerprint density at radius 1 is 1.23 bits per heavy atom. The molecule has 0 saturated carbocycles. The maximum absolute atomic E-state index is 11.9. The van der Waals surface area contributed by atoms with Crippen LogP contribution in [0.1, 0.15) is 27.0 Å². The lowest BCUT2D eigenvalue weighted by atomic mass is 10.2. The van der Waals surface area contributed by atoms with Crippen LogP contribution in [0.5, 0.6) is 0 Å². The van der Waals surface area contributed by atoms with Crippen molar-refractivity contribution in [3.63, 3.8) is 0 Å². The lowest BCUT2D eigenvalue weighted by Gasteiger charge is -2.06. The summed E-state index contributed by atoms with van der Waals surface area (Å²) in [6.45, 7) is 1.01. The lowest BCUT2D eigenvalue weighted by Crippen LogP contribution is -2.14. The van der Waals surface area contributed by atoms with Crippen LogP contribution in [0.4, 0.5) is 5.69 Å². The van der Waals surface area contributed by atoms with E-state index in [0.717, 1.165) is 11.3 Å². The Bertz CT molecular complexity index is 726. The van der Waals surface area contributed by atoms with Crippen molar-refractivity contribution >= 4 is 46.3 Å². The predicted octanol–water partition coefficient (Wildman–Crippen LogP) is 3.40. The van der Waals surface area contributed by atoms with Gasteiger partial charge in [0.05, 0.1) is 14.8 Å². The normalized spacial score (nSPS) is 10.1. The van der Waals surface area contributed by atoms with Crippen LogP contribution in [0.15, 0.2) is 36.4 Å². The first kappa shape index (κ1) is 16.2. The fourth-order valence-electron chi connectivity index (χ4n) is 1.68. The van der Waals surface area contributed by atoms with E-state index in [2.05, 4.69) is 5.32 Å². The van der Waals surface area contributed by atoms with E-state index in [1.807, 2.05) is 0 Å². The van der Waals surface area contributed by atoms with Gasteiger partial charge >= 0.3 is 5.97 Å². The monoisotopic (exact) mass is 337 g/mol. The third-order valence-electron chi connectivity index (χ3n) is 2.60. The molecule has 0 radical (unpaired) electrons. The largest absolute Gasteiger partial charge is 0.454 e. The van der Waals surface area contributed by atoms with E-state index in [-0.39, 0.29) is 23.9 Å². The Kier molecular flexibility index (Phi) is 5.30. The van der Waals surface area contributed by atoms with Gasteiger partial charge in [0.25, 0.3) is 0 Å². The van der Waals surface area contributed by atoms with Crippen molar-refractivity contribution in [2.75, 3.05) is 11.9 Å². The summed E-state index contributed by atoms with van der Waals surface area (Å²) in [5.74, 6) is -1.19. The predicted molar refractivity (Wildman–Crippen MR) is 84.7 cm³/mol. The molecule has 1 aromatic carbocycles. The minimum absolute atomic E-state index is 0.240. The van der Waals surface area contributed by atoms with Gasteiger partial charge in [0.2, 0.25) is 11.7 Å². The van der Waals surface area contributed by atoms with Gasteiger partial charge in [-0.25, -0.2) is 4.79 Å². The van der Waals surface area contributed by atoms with E-state index in [4.69, 9.17) is 16.3 Å². The number of nitrogens with one attached hydrogen (secondary N) is 1. The highest BCUT2D eigenvalue weighted by molar-refractivity contribution is 7.18. The summed E-state index contributed by atoms with van der Waals surface area (Å²) < 4.78 is 5.47. The summed E-state index contributed by atoms with van der Waals surface area (Å²) in [6, 6.07) is 9.48. The average Bonchev–Trinajstić information content (AvgIpc) is 2.90. The number of esters is 1. The highest BCUT2D eigenvalue weighted by Gasteiger charge is 2.14. The molecule has 0 atom stereocenters. The summed E-state index contributed by atoms with van der Waals surface area (Å²) in [5, 5.41) is 2.57. The molecule has 114 valence electrons. The number of thiophene rings is 1. The van der Waals surface area contributed by atoms with Gasteiger partial charge < -0.3 is 10.1 Å². The van der Waals surface area contributed by atoms with E-state index >= 15 is 0 Å². The maximum Gasteiger partial charge on any atom is 0.338 e. The Labute approximate surface area is 135 Å². The molecular formula is C15H12ClNO4S. The summed E-state index contributed by atoms with van der Waals surface area (Å²) in [4.78, 5) is 35.2.